The van der Waals surface area contributed by atoms with Gasteiger partial charge >= 0.3 is 0 Å². The average molecular weight is 478 g/mol. The lowest BCUT2D eigenvalue weighted by Crippen LogP contribution is -2.69. The van der Waals surface area contributed by atoms with Gasteiger partial charge in [0, 0.05) is 43.7 Å². The third-order valence-corrected chi connectivity index (χ3v) is 6.53. The normalized spacial score (nSPS) is 28.8. The van der Waals surface area contributed by atoms with Crippen LogP contribution in [0.15, 0.2) is 4.99 Å². The lowest BCUT2D eigenvalue weighted by atomic mass is 9.51. The zero-order chi connectivity index (χ0) is 17.7. The number of ether oxygens (including phenoxy) is 1. The molecule has 2 unspecified atom stereocenters. The summed E-state index contributed by atoms with van der Waals surface area (Å²) < 4.78 is 5.99. The molecule has 0 bridgehead atoms. The zero-order valence-corrected chi connectivity index (χ0v) is 19.3. The Morgan fingerprint density at radius 3 is 2.42 bits per heavy atom. The van der Waals surface area contributed by atoms with Gasteiger partial charge in [-0.25, -0.2) is 0 Å². The molecule has 1 aliphatic heterocycles. The lowest BCUT2D eigenvalue weighted by Gasteiger charge is -2.61. The Labute approximate surface area is 177 Å². The molecule has 0 aromatic rings. The first-order chi connectivity index (χ1) is 12.2. The van der Waals surface area contributed by atoms with Gasteiger partial charge in [0.15, 0.2) is 5.96 Å². The monoisotopic (exact) mass is 478 g/mol. The molecule has 0 amide bonds. The number of nitrogens with zero attached hydrogens (tertiary/aromatic N) is 2. The van der Waals surface area contributed by atoms with Gasteiger partial charge < -0.3 is 20.3 Å². The summed E-state index contributed by atoms with van der Waals surface area (Å²) in [6, 6.07) is 1.10. The highest BCUT2D eigenvalue weighted by atomic mass is 127. The van der Waals surface area contributed by atoms with Crippen LogP contribution >= 0.6 is 24.0 Å². The summed E-state index contributed by atoms with van der Waals surface area (Å²) in [4.78, 5) is 7.32. The van der Waals surface area contributed by atoms with Crippen molar-refractivity contribution in [2.75, 3.05) is 32.8 Å². The fourth-order valence-corrected chi connectivity index (χ4v) is 4.91. The van der Waals surface area contributed by atoms with Crippen LogP contribution in [0.5, 0.6) is 0 Å². The number of piperidine rings is 1. The van der Waals surface area contributed by atoms with Crippen LogP contribution in [0.2, 0.25) is 0 Å². The summed E-state index contributed by atoms with van der Waals surface area (Å²) in [6.07, 6.45) is 9.27. The van der Waals surface area contributed by atoms with Gasteiger partial charge in [0.05, 0.1) is 6.10 Å². The van der Waals surface area contributed by atoms with E-state index in [-0.39, 0.29) is 24.0 Å². The molecule has 3 fully saturated rings. The summed E-state index contributed by atoms with van der Waals surface area (Å²) in [5.74, 6) is 1.03. The van der Waals surface area contributed by atoms with Gasteiger partial charge in [-0.2, -0.15) is 0 Å². The van der Waals surface area contributed by atoms with E-state index >= 15 is 0 Å². The predicted molar refractivity (Wildman–Crippen MR) is 120 cm³/mol. The predicted octanol–water partition coefficient (Wildman–Crippen LogP) is 3.38. The molecule has 0 aromatic heterocycles. The fraction of sp³-hybridized carbons (Fsp3) is 0.950. The molecule has 0 radical (unpaired) electrons. The van der Waals surface area contributed by atoms with Crippen molar-refractivity contribution in [2.45, 2.75) is 83.9 Å². The Bertz CT molecular complexity index is 447. The van der Waals surface area contributed by atoms with Gasteiger partial charge in [-0.3, -0.25) is 4.99 Å². The van der Waals surface area contributed by atoms with E-state index in [0.717, 1.165) is 25.5 Å². The molecule has 2 saturated carbocycles. The molecule has 1 heterocycles. The van der Waals surface area contributed by atoms with E-state index in [1.807, 2.05) is 0 Å². The average Bonchev–Trinajstić information content (AvgIpc) is 2.54. The Morgan fingerprint density at radius 1 is 1.15 bits per heavy atom. The standard InChI is InChI=1S/C20H38N4O.HI/c1-4-12-24-13-8-16(9-14-24)22-19(21-5-2)23-17-15-18(25-6-3)20(17)10-7-11-20;/h16-18H,4-15H2,1-3H3,(H2,21,22,23);1H. The van der Waals surface area contributed by atoms with Crippen LogP contribution in [0.25, 0.3) is 0 Å². The number of hydrogen-bond donors (Lipinski definition) is 2. The maximum absolute atomic E-state index is 5.99. The number of rotatable bonds is 7. The number of likely N-dealkylation sites (tertiary alicyclic amines) is 1. The summed E-state index contributed by atoms with van der Waals surface area (Å²) in [6.45, 7) is 11.8. The SMILES string of the molecule is CCCN1CCC(NC(=NCC)NC2CC(OCC)C23CCC3)CC1.I. The number of halogens is 1. The van der Waals surface area contributed by atoms with Crippen LogP contribution in [0.4, 0.5) is 0 Å². The van der Waals surface area contributed by atoms with Crippen molar-refractivity contribution < 1.29 is 4.74 Å². The molecule has 152 valence electrons. The van der Waals surface area contributed by atoms with Gasteiger partial charge in [-0.15, -0.1) is 24.0 Å². The van der Waals surface area contributed by atoms with Crippen molar-refractivity contribution in [1.82, 2.24) is 15.5 Å². The van der Waals surface area contributed by atoms with E-state index in [2.05, 4.69) is 36.3 Å². The summed E-state index contributed by atoms with van der Waals surface area (Å²) >= 11 is 0. The molecule has 5 nitrogen and oxygen atoms in total. The summed E-state index contributed by atoms with van der Waals surface area (Å²) in [7, 11) is 0. The van der Waals surface area contributed by atoms with E-state index in [9.17, 15) is 0 Å². The summed E-state index contributed by atoms with van der Waals surface area (Å²) in [5, 5.41) is 7.49. The summed E-state index contributed by atoms with van der Waals surface area (Å²) in [5.41, 5.74) is 0.386. The van der Waals surface area contributed by atoms with Gasteiger partial charge in [-0.05, 0) is 58.9 Å². The molecule has 1 spiro atoms. The fourth-order valence-electron chi connectivity index (χ4n) is 4.91. The Balaban J connectivity index is 0.00000243. The first-order valence-corrected chi connectivity index (χ1v) is 10.6. The second kappa shape index (κ2) is 10.5. The number of aliphatic imine (C=N–C) groups is 1. The third-order valence-electron chi connectivity index (χ3n) is 6.53. The number of nitrogens with one attached hydrogen (secondary N) is 2. The van der Waals surface area contributed by atoms with Gasteiger partial charge in [0.25, 0.3) is 0 Å². The van der Waals surface area contributed by atoms with Gasteiger partial charge in [0.1, 0.15) is 0 Å². The van der Waals surface area contributed by atoms with E-state index in [1.165, 1.54) is 58.2 Å². The van der Waals surface area contributed by atoms with Crippen molar-refractivity contribution >= 4 is 29.9 Å². The first kappa shape index (κ1) is 22.2. The second-order valence-electron chi connectivity index (χ2n) is 8.05. The van der Waals surface area contributed by atoms with Crippen LogP contribution in [0, 0.1) is 5.41 Å². The van der Waals surface area contributed by atoms with Crippen LogP contribution in [0.3, 0.4) is 0 Å². The lowest BCUT2D eigenvalue weighted by molar-refractivity contribution is -0.168. The molecule has 0 aromatic carbocycles. The Kier molecular flexibility index (Phi) is 8.94. The molecule has 26 heavy (non-hydrogen) atoms. The highest BCUT2D eigenvalue weighted by molar-refractivity contribution is 14.0. The number of hydrogen-bond acceptors (Lipinski definition) is 3. The maximum atomic E-state index is 5.99. The first-order valence-electron chi connectivity index (χ1n) is 10.6. The molecule has 3 rings (SSSR count). The molecule has 1 saturated heterocycles. The van der Waals surface area contributed by atoms with Crippen molar-refractivity contribution in [2.24, 2.45) is 10.4 Å². The highest BCUT2D eigenvalue weighted by Gasteiger charge is 2.59. The quantitative estimate of drug-likeness (QED) is 0.335. The van der Waals surface area contributed by atoms with Crippen molar-refractivity contribution in [3.8, 4) is 0 Å². The Hall–Kier alpha value is -0.0800. The zero-order valence-electron chi connectivity index (χ0n) is 16.9. The van der Waals surface area contributed by atoms with E-state index in [0.29, 0.717) is 23.6 Å². The van der Waals surface area contributed by atoms with Crippen LogP contribution in [-0.2, 0) is 4.74 Å². The molecular weight excluding hydrogens is 439 g/mol. The minimum absolute atomic E-state index is 0. The van der Waals surface area contributed by atoms with Crippen molar-refractivity contribution in [1.29, 1.82) is 0 Å². The smallest absolute Gasteiger partial charge is 0.191 e. The maximum Gasteiger partial charge on any atom is 0.191 e. The van der Waals surface area contributed by atoms with E-state index < -0.39 is 0 Å². The Morgan fingerprint density at radius 2 is 1.88 bits per heavy atom. The second-order valence-corrected chi connectivity index (χ2v) is 8.05. The van der Waals surface area contributed by atoms with Crippen LogP contribution < -0.4 is 10.6 Å². The molecule has 6 heteroatoms. The molecular formula is C20H39IN4O. The third kappa shape index (κ3) is 4.85. The number of guanidine groups is 1. The van der Waals surface area contributed by atoms with Gasteiger partial charge in [0.2, 0.25) is 0 Å². The van der Waals surface area contributed by atoms with Gasteiger partial charge in [-0.1, -0.05) is 13.3 Å². The van der Waals surface area contributed by atoms with Crippen molar-refractivity contribution in [3.05, 3.63) is 0 Å². The van der Waals surface area contributed by atoms with Crippen LogP contribution in [0.1, 0.15) is 65.7 Å². The van der Waals surface area contributed by atoms with E-state index in [4.69, 9.17) is 9.73 Å². The highest BCUT2D eigenvalue weighted by Crippen LogP contribution is 2.57. The molecule has 3 aliphatic rings. The van der Waals surface area contributed by atoms with Crippen LogP contribution in [-0.4, -0.2) is 61.8 Å². The molecule has 2 aliphatic carbocycles. The topological polar surface area (TPSA) is 48.9 Å². The van der Waals surface area contributed by atoms with Crippen molar-refractivity contribution in [3.63, 3.8) is 0 Å². The largest absolute Gasteiger partial charge is 0.378 e. The molecule has 2 N–H and O–H groups in total. The molecule has 2 atom stereocenters. The van der Waals surface area contributed by atoms with E-state index in [1.54, 1.807) is 0 Å². The minimum atomic E-state index is 0. The minimum Gasteiger partial charge on any atom is -0.378 e.